The Hall–Kier alpha value is -1.66. The first-order valence-corrected chi connectivity index (χ1v) is 5.92. The maximum absolute atomic E-state index is 11.6. The number of carbonyl (C=O) groups is 1. The van der Waals surface area contributed by atoms with Gasteiger partial charge in [-0.1, -0.05) is 12.1 Å². The molecule has 0 saturated carbocycles. The van der Waals surface area contributed by atoms with Gasteiger partial charge in [0.1, 0.15) is 0 Å². The van der Waals surface area contributed by atoms with E-state index in [1.54, 1.807) is 24.3 Å². The molecule has 18 heavy (non-hydrogen) atoms. The summed E-state index contributed by atoms with van der Waals surface area (Å²) in [5.41, 5.74) is 1.51. The predicted molar refractivity (Wildman–Crippen MR) is 69.5 cm³/mol. The van der Waals surface area contributed by atoms with Crippen molar-refractivity contribution in [2.24, 2.45) is 5.29 Å². The van der Waals surface area contributed by atoms with Crippen LogP contribution >= 0.6 is 11.6 Å². The van der Waals surface area contributed by atoms with E-state index < -0.39 is 6.03 Å². The minimum Gasteiger partial charge on any atom is -0.396 e. The number of anilines is 1. The molecule has 98 valence electrons. The number of aliphatic hydroxyl groups excluding tert-OH is 1. The van der Waals surface area contributed by atoms with Crippen molar-refractivity contribution in [1.82, 2.24) is 5.01 Å². The second-order valence-corrected chi connectivity index (χ2v) is 3.87. The van der Waals surface area contributed by atoms with Crippen molar-refractivity contribution in [2.45, 2.75) is 6.42 Å². The maximum Gasteiger partial charge on any atom is 0.344 e. The fourth-order valence-corrected chi connectivity index (χ4v) is 1.49. The van der Waals surface area contributed by atoms with Gasteiger partial charge in [-0.15, -0.1) is 16.5 Å². The average Bonchev–Trinajstić information content (AvgIpc) is 2.38. The van der Waals surface area contributed by atoms with E-state index in [1.807, 2.05) is 0 Å². The van der Waals surface area contributed by atoms with Gasteiger partial charge in [0.15, 0.2) is 0 Å². The quantitative estimate of drug-likeness (QED) is 0.471. The molecule has 0 aliphatic carbocycles. The lowest BCUT2D eigenvalue weighted by Crippen LogP contribution is -2.31. The molecule has 0 heterocycles. The largest absolute Gasteiger partial charge is 0.396 e. The number of benzene rings is 1. The number of rotatable bonds is 6. The minimum atomic E-state index is -0.624. The van der Waals surface area contributed by atoms with E-state index in [1.165, 1.54) is 0 Å². The van der Waals surface area contributed by atoms with Crippen LogP contribution in [0.1, 0.15) is 5.56 Å². The third-order valence-electron chi connectivity index (χ3n) is 2.23. The summed E-state index contributed by atoms with van der Waals surface area (Å²) in [4.78, 5) is 22.0. The number of alkyl halides is 1. The van der Waals surface area contributed by atoms with Crippen molar-refractivity contribution in [3.05, 3.63) is 34.7 Å². The second kappa shape index (κ2) is 7.62. The number of nitroso groups, excluding NO2 is 1. The highest BCUT2D eigenvalue weighted by Gasteiger charge is 2.13. The first-order chi connectivity index (χ1) is 8.71. The van der Waals surface area contributed by atoms with Crippen LogP contribution in [0.25, 0.3) is 0 Å². The van der Waals surface area contributed by atoms with Crippen molar-refractivity contribution in [3.8, 4) is 0 Å². The molecule has 1 aromatic carbocycles. The number of amides is 2. The van der Waals surface area contributed by atoms with Gasteiger partial charge in [-0.05, 0) is 24.1 Å². The molecule has 0 atom stereocenters. The number of urea groups is 1. The first-order valence-electron chi connectivity index (χ1n) is 5.38. The summed E-state index contributed by atoms with van der Waals surface area (Å²) >= 11 is 5.43. The zero-order valence-corrected chi connectivity index (χ0v) is 10.4. The standard InChI is InChI=1S/C11H14ClN3O3/c12-6-7-15(14-18)11(17)13-10-3-1-9(2-4-10)5-8-16/h1-4,16H,5-8H2,(H,13,17). The molecule has 0 aromatic heterocycles. The van der Waals surface area contributed by atoms with Crippen LogP contribution in [-0.2, 0) is 6.42 Å². The Labute approximate surface area is 109 Å². The van der Waals surface area contributed by atoms with Gasteiger partial charge in [-0.3, -0.25) is 0 Å². The summed E-state index contributed by atoms with van der Waals surface area (Å²) < 4.78 is 0. The molecule has 2 amide bonds. The normalized spacial score (nSPS) is 9.89. The van der Waals surface area contributed by atoms with E-state index in [0.717, 1.165) is 5.56 Å². The van der Waals surface area contributed by atoms with Crippen molar-refractivity contribution in [1.29, 1.82) is 0 Å². The molecule has 0 unspecified atom stereocenters. The summed E-state index contributed by atoms with van der Waals surface area (Å²) in [5, 5.41) is 14.6. The molecule has 1 rings (SSSR count). The van der Waals surface area contributed by atoms with Gasteiger partial charge in [0.25, 0.3) is 0 Å². The van der Waals surface area contributed by atoms with E-state index in [0.29, 0.717) is 17.1 Å². The lowest BCUT2D eigenvalue weighted by Gasteiger charge is -2.13. The third-order valence-corrected chi connectivity index (χ3v) is 2.40. The number of hydrogen-bond donors (Lipinski definition) is 2. The number of nitrogens with zero attached hydrogens (tertiary/aromatic N) is 2. The molecule has 0 saturated heterocycles. The van der Waals surface area contributed by atoms with Gasteiger partial charge in [-0.25, -0.2) is 4.79 Å². The topological polar surface area (TPSA) is 82.0 Å². The fourth-order valence-electron chi connectivity index (χ4n) is 1.33. The number of halogens is 1. The van der Waals surface area contributed by atoms with Crippen molar-refractivity contribution >= 4 is 23.3 Å². The van der Waals surface area contributed by atoms with Crippen LogP contribution in [0.4, 0.5) is 10.5 Å². The summed E-state index contributed by atoms with van der Waals surface area (Å²) in [6.07, 6.45) is 0.558. The number of hydrogen-bond acceptors (Lipinski definition) is 4. The molecule has 0 spiro atoms. The van der Waals surface area contributed by atoms with Crippen LogP contribution in [0.2, 0.25) is 0 Å². The summed E-state index contributed by atoms with van der Waals surface area (Å²) in [6, 6.07) is 6.32. The van der Waals surface area contributed by atoms with Crippen LogP contribution < -0.4 is 5.32 Å². The lowest BCUT2D eigenvalue weighted by atomic mass is 10.1. The monoisotopic (exact) mass is 271 g/mol. The molecule has 0 aliphatic rings. The minimum absolute atomic E-state index is 0.0550. The van der Waals surface area contributed by atoms with Crippen LogP contribution in [0.15, 0.2) is 29.6 Å². The van der Waals surface area contributed by atoms with Gasteiger partial charge in [0, 0.05) is 18.2 Å². The van der Waals surface area contributed by atoms with E-state index in [-0.39, 0.29) is 19.0 Å². The Balaban J connectivity index is 2.60. The zero-order valence-electron chi connectivity index (χ0n) is 9.67. The zero-order chi connectivity index (χ0) is 13.4. The lowest BCUT2D eigenvalue weighted by molar-refractivity contribution is 0.216. The third kappa shape index (κ3) is 4.31. The first kappa shape index (κ1) is 14.4. The van der Waals surface area contributed by atoms with Crippen molar-refractivity contribution < 1.29 is 9.90 Å². The van der Waals surface area contributed by atoms with Crippen LogP contribution in [-0.4, -0.2) is 35.2 Å². The van der Waals surface area contributed by atoms with E-state index in [2.05, 4.69) is 10.6 Å². The molecule has 1 aromatic rings. The van der Waals surface area contributed by atoms with E-state index in [9.17, 15) is 9.70 Å². The van der Waals surface area contributed by atoms with Gasteiger partial charge < -0.3 is 10.4 Å². The van der Waals surface area contributed by atoms with Gasteiger partial charge in [0.2, 0.25) is 0 Å². The van der Waals surface area contributed by atoms with Gasteiger partial charge >= 0.3 is 6.03 Å². The molecule has 0 bridgehead atoms. The Morgan fingerprint density at radius 1 is 1.39 bits per heavy atom. The Bertz CT molecular complexity index is 397. The fraction of sp³-hybridized carbons (Fsp3) is 0.364. The van der Waals surface area contributed by atoms with E-state index in [4.69, 9.17) is 16.7 Å². The summed E-state index contributed by atoms with van der Waals surface area (Å²) in [6.45, 7) is 0.129. The molecule has 0 aliphatic heterocycles. The Kier molecular flexibility index (Phi) is 6.10. The van der Waals surface area contributed by atoms with E-state index >= 15 is 0 Å². The molecular weight excluding hydrogens is 258 g/mol. The predicted octanol–water partition coefficient (Wildman–Crippen LogP) is 1.98. The SMILES string of the molecule is O=NN(CCCl)C(=O)Nc1ccc(CCO)cc1. The van der Waals surface area contributed by atoms with Gasteiger partial charge in [0.05, 0.1) is 11.8 Å². The maximum atomic E-state index is 11.6. The Morgan fingerprint density at radius 3 is 2.56 bits per heavy atom. The van der Waals surface area contributed by atoms with Crippen molar-refractivity contribution in [3.63, 3.8) is 0 Å². The van der Waals surface area contributed by atoms with Crippen LogP contribution in [0, 0.1) is 4.91 Å². The average molecular weight is 272 g/mol. The molecular formula is C11H14ClN3O3. The van der Waals surface area contributed by atoms with Crippen molar-refractivity contribution in [2.75, 3.05) is 24.3 Å². The molecule has 0 fully saturated rings. The number of aliphatic hydroxyl groups is 1. The molecule has 6 nitrogen and oxygen atoms in total. The smallest absolute Gasteiger partial charge is 0.344 e. The van der Waals surface area contributed by atoms with Gasteiger partial charge in [-0.2, -0.15) is 5.01 Å². The Morgan fingerprint density at radius 2 is 2.06 bits per heavy atom. The molecule has 7 heteroatoms. The number of carbonyl (C=O) groups excluding carboxylic acids is 1. The van der Waals surface area contributed by atoms with Crippen LogP contribution in [0.3, 0.4) is 0 Å². The highest BCUT2D eigenvalue weighted by atomic mass is 35.5. The highest BCUT2D eigenvalue weighted by Crippen LogP contribution is 2.11. The highest BCUT2D eigenvalue weighted by molar-refractivity contribution is 6.18. The summed E-state index contributed by atoms with van der Waals surface area (Å²) in [5.74, 6) is 0.134. The second-order valence-electron chi connectivity index (χ2n) is 3.49. The molecule has 0 radical (unpaired) electrons. The summed E-state index contributed by atoms with van der Waals surface area (Å²) in [7, 11) is 0. The van der Waals surface area contributed by atoms with Crippen LogP contribution in [0.5, 0.6) is 0 Å². The molecule has 2 N–H and O–H groups in total. The number of nitrogens with one attached hydrogen (secondary N) is 1.